The minimum Gasteiger partial charge on any atom is -0.306 e. The molecule has 2 nitrogen and oxygen atoms in total. The van der Waals surface area contributed by atoms with Gasteiger partial charge in [0.25, 0.3) is 0 Å². The van der Waals surface area contributed by atoms with Crippen molar-refractivity contribution in [1.82, 2.24) is 10.3 Å². The molecule has 0 aliphatic rings. The average molecular weight is 291 g/mol. The van der Waals surface area contributed by atoms with E-state index in [0.717, 1.165) is 11.0 Å². The van der Waals surface area contributed by atoms with Crippen molar-refractivity contribution in [3.05, 3.63) is 64.4 Å². The highest BCUT2D eigenvalue weighted by Gasteiger charge is 2.04. The summed E-state index contributed by atoms with van der Waals surface area (Å²) in [4.78, 5) is 4.10. The molecule has 1 aromatic carbocycles. The Bertz CT molecular complexity index is 453. The fourth-order valence-electron chi connectivity index (χ4n) is 1.64. The van der Waals surface area contributed by atoms with E-state index in [1.165, 1.54) is 11.1 Å². The lowest BCUT2D eigenvalue weighted by atomic mass is 10.1. The van der Waals surface area contributed by atoms with Crippen molar-refractivity contribution in [3.8, 4) is 0 Å². The molecule has 3 heteroatoms. The number of nitrogens with one attached hydrogen (secondary N) is 1. The number of aromatic nitrogens is 1. The van der Waals surface area contributed by atoms with Crippen LogP contribution in [0.15, 0.2) is 53.3 Å². The molecule has 1 aromatic heterocycles. The zero-order chi connectivity index (χ0) is 12.1. The Hall–Kier alpha value is -1.19. The molecule has 0 aliphatic carbocycles. The maximum Gasteiger partial charge on any atom is 0.0312 e. The Morgan fingerprint density at radius 2 is 2.00 bits per heavy atom. The molecule has 0 fully saturated rings. The summed E-state index contributed by atoms with van der Waals surface area (Å²) in [6.45, 7) is 3.00. The number of rotatable bonds is 4. The lowest BCUT2D eigenvalue weighted by Crippen LogP contribution is -2.18. The number of hydrogen-bond donors (Lipinski definition) is 1. The second-order valence-corrected chi connectivity index (χ2v) is 4.93. The molecule has 17 heavy (non-hydrogen) atoms. The van der Waals surface area contributed by atoms with E-state index in [9.17, 15) is 0 Å². The zero-order valence-corrected chi connectivity index (χ0v) is 11.3. The monoisotopic (exact) mass is 290 g/mol. The number of halogens is 1. The van der Waals surface area contributed by atoms with Crippen LogP contribution in [-0.2, 0) is 6.54 Å². The molecule has 2 rings (SSSR count). The van der Waals surface area contributed by atoms with E-state index in [4.69, 9.17) is 0 Å². The predicted molar refractivity (Wildman–Crippen MR) is 73.6 cm³/mol. The Balaban J connectivity index is 1.93. The topological polar surface area (TPSA) is 24.9 Å². The van der Waals surface area contributed by atoms with Crippen LogP contribution in [0.5, 0.6) is 0 Å². The van der Waals surface area contributed by atoms with Crippen LogP contribution in [0.2, 0.25) is 0 Å². The molecular formula is C14H15BrN2. The van der Waals surface area contributed by atoms with Gasteiger partial charge in [0.1, 0.15) is 0 Å². The van der Waals surface area contributed by atoms with Crippen LogP contribution in [0, 0.1) is 0 Å². The summed E-state index contributed by atoms with van der Waals surface area (Å²) >= 11 is 3.44. The largest absolute Gasteiger partial charge is 0.306 e. The maximum absolute atomic E-state index is 4.10. The third-order valence-corrected chi connectivity index (χ3v) is 3.23. The van der Waals surface area contributed by atoms with Gasteiger partial charge in [-0.05, 0) is 36.2 Å². The molecule has 0 radical (unpaired) electrons. The van der Waals surface area contributed by atoms with Crippen molar-refractivity contribution < 1.29 is 0 Å². The molecule has 0 saturated carbocycles. The molecule has 1 atom stereocenters. The smallest absolute Gasteiger partial charge is 0.0312 e. The lowest BCUT2D eigenvalue weighted by molar-refractivity contribution is 0.574. The highest BCUT2D eigenvalue weighted by atomic mass is 79.9. The van der Waals surface area contributed by atoms with E-state index in [1.54, 1.807) is 6.20 Å². The summed E-state index contributed by atoms with van der Waals surface area (Å²) < 4.78 is 1.11. The van der Waals surface area contributed by atoms with Crippen molar-refractivity contribution in [1.29, 1.82) is 0 Å². The molecule has 1 heterocycles. The van der Waals surface area contributed by atoms with Crippen molar-refractivity contribution in [2.24, 2.45) is 0 Å². The Kier molecular flexibility index (Phi) is 4.29. The van der Waals surface area contributed by atoms with Crippen LogP contribution in [0.1, 0.15) is 24.1 Å². The number of benzene rings is 1. The van der Waals surface area contributed by atoms with Gasteiger partial charge in [-0.2, -0.15) is 0 Å². The molecule has 0 bridgehead atoms. The molecule has 0 spiro atoms. The standard InChI is InChI=1S/C14H15BrN2/c1-11(13-4-6-14(15)7-5-13)17-10-12-3-2-8-16-9-12/h2-9,11,17H,10H2,1H3. The van der Waals surface area contributed by atoms with Gasteiger partial charge in [-0.1, -0.05) is 34.1 Å². The second kappa shape index (κ2) is 5.94. The van der Waals surface area contributed by atoms with Gasteiger partial charge >= 0.3 is 0 Å². The van der Waals surface area contributed by atoms with Crippen LogP contribution in [0.3, 0.4) is 0 Å². The minimum atomic E-state index is 0.336. The minimum absolute atomic E-state index is 0.336. The fourth-order valence-corrected chi connectivity index (χ4v) is 1.91. The molecule has 2 aromatic rings. The van der Waals surface area contributed by atoms with Crippen LogP contribution in [0.4, 0.5) is 0 Å². The van der Waals surface area contributed by atoms with E-state index in [1.807, 2.05) is 12.3 Å². The Morgan fingerprint density at radius 3 is 2.65 bits per heavy atom. The summed E-state index contributed by atoms with van der Waals surface area (Å²) in [6.07, 6.45) is 3.68. The highest BCUT2D eigenvalue weighted by molar-refractivity contribution is 9.10. The van der Waals surface area contributed by atoms with Gasteiger partial charge in [0.15, 0.2) is 0 Å². The molecule has 0 amide bonds. The Labute approximate surface area is 110 Å². The first kappa shape index (κ1) is 12.3. The number of pyridine rings is 1. The van der Waals surface area contributed by atoms with Crippen molar-refractivity contribution in [2.45, 2.75) is 19.5 Å². The summed E-state index contributed by atoms with van der Waals surface area (Å²) in [7, 11) is 0. The molecule has 0 aliphatic heterocycles. The van der Waals surface area contributed by atoms with E-state index < -0.39 is 0 Å². The van der Waals surface area contributed by atoms with Crippen LogP contribution in [-0.4, -0.2) is 4.98 Å². The second-order valence-electron chi connectivity index (χ2n) is 4.02. The van der Waals surface area contributed by atoms with Gasteiger partial charge in [0.2, 0.25) is 0 Å². The quantitative estimate of drug-likeness (QED) is 0.929. The van der Waals surface area contributed by atoms with Crippen LogP contribution >= 0.6 is 15.9 Å². The first-order chi connectivity index (χ1) is 8.25. The van der Waals surface area contributed by atoms with E-state index in [2.05, 4.69) is 63.5 Å². The Morgan fingerprint density at radius 1 is 1.24 bits per heavy atom. The third-order valence-electron chi connectivity index (χ3n) is 2.71. The molecule has 0 saturated heterocycles. The summed E-state index contributed by atoms with van der Waals surface area (Å²) in [5.41, 5.74) is 2.49. The highest BCUT2D eigenvalue weighted by Crippen LogP contribution is 2.16. The molecule has 1 unspecified atom stereocenters. The predicted octanol–water partition coefficient (Wildman–Crippen LogP) is 3.69. The van der Waals surface area contributed by atoms with Gasteiger partial charge < -0.3 is 5.32 Å². The number of hydrogen-bond acceptors (Lipinski definition) is 2. The summed E-state index contributed by atoms with van der Waals surface area (Å²) in [6, 6.07) is 12.8. The third kappa shape index (κ3) is 3.65. The van der Waals surface area contributed by atoms with Crippen molar-refractivity contribution >= 4 is 15.9 Å². The van der Waals surface area contributed by atoms with Gasteiger partial charge in [0.05, 0.1) is 0 Å². The maximum atomic E-state index is 4.10. The first-order valence-corrected chi connectivity index (χ1v) is 6.43. The fraction of sp³-hybridized carbons (Fsp3) is 0.214. The zero-order valence-electron chi connectivity index (χ0n) is 9.73. The molecule has 88 valence electrons. The van der Waals surface area contributed by atoms with E-state index >= 15 is 0 Å². The van der Waals surface area contributed by atoms with Gasteiger partial charge in [-0.25, -0.2) is 0 Å². The average Bonchev–Trinajstić information content (AvgIpc) is 2.38. The summed E-state index contributed by atoms with van der Waals surface area (Å²) in [5, 5.41) is 3.48. The van der Waals surface area contributed by atoms with Gasteiger partial charge in [-0.3, -0.25) is 4.98 Å². The van der Waals surface area contributed by atoms with Crippen LogP contribution < -0.4 is 5.32 Å². The van der Waals surface area contributed by atoms with Crippen LogP contribution in [0.25, 0.3) is 0 Å². The molecule has 1 N–H and O–H groups in total. The normalized spacial score (nSPS) is 12.4. The summed E-state index contributed by atoms with van der Waals surface area (Å²) in [5.74, 6) is 0. The van der Waals surface area contributed by atoms with Gasteiger partial charge in [-0.15, -0.1) is 0 Å². The first-order valence-electron chi connectivity index (χ1n) is 5.63. The number of nitrogens with zero attached hydrogens (tertiary/aromatic N) is 1. The van der Waals surface area contributed by atoms with Crippen molar-refractivity contribution in [3.63, 3.8) is 0 Å². The lowest BCUT2D eigenvalue weighted by Gasteiger charge is -2.14. The van der Waals surface area contributed by atoms with Crippen molar-refractivity contribution in [2.75, 3.05) is 0 Å². The van der Waals surface area contributed by atoms with E-state index in [0.29, 0.717) is 6.04 Å². The SMILES string of the molecule is CC(NCc1cccnc1)c1ccc(Br)cc1. The van der Waals surface area contributed by atoms with E-state index in [-0.39, 0.29) is 0 Å². The molecular weight excluding hydrogens is 276 g/mol. The van der Waals surface area contributed by atoms with Gasteiger partial charge in [0, 0.05) is 29.5 Å².